The Morgan fingerprint density at radius 2 is 2.05 bits per heavy atom. The highest BCUT2D eigenvalue weighted by Gasteiger charge is 2.22. The quantitative estimate of drug-likeness (QED) is 0.701. The first-order valence-corrected chi connectivity index (χ1v) is 8.02. The van der Waals surface area contributed by atoms with Gasteiger partial charge in [0.25, 0.3) is 0 Å². The molecule has 1 aliphatic rings. The molecular formula is C14H12F2INS. The van der Waals surface area contributed by atoms with Crippen LogP contribution in [0.5, 0.6) is 0 Å². The fourth-order valence-electron chi connectivity index (χ4n) is 2.46. The molecule has 1 N–H and O–H groups in total. The van der Waals surface area contributed by atoms with Gasteiger partial charge in [-0.15, -0.1) is 11.3 Å². The number of aryl methyl sites for hydroxylation is 1. The van der Waals surface area contributed by atoms with E-state index in [9.17, 15) is 8.78 Å². The molecule has 0 amide bonds. The van der Waals surface area contributed by atoms with Gasteiger partial charge in [-0.05, 0) is 65.6 Å². The van der Waals surface area contributed by atoms with Crippen LogP contribution in [0, 0.1) is 14.5 Å². The summed E-state index contributed by atoms with van der Waals surface area (Å²) in [7, 11) is 0. The highest BCUT2D eigenvalue weighted by atomic mass is 127. The molecule has 1 aromatic carbocycles. The fourth-order valence-corrected chi connectivity index (χ4v) is 4.58. The molecule has 1 unspecified atom stereocenters. The van der Waals surface area contributed by atoms with Crippen molar-refractivity contribution in [2.75, 3.05) is 5.32 Å². The van der Waals surface area contributed by atoms with Crippen LogP contribution < -0.4 is 5.32 Å². The Balaban J connectivity index is 1.86. The molecule has 1 aromatic heterocycles. The number of hydrogen-bond donors (Lipinski definition) is 1. The van der Waals surface area contributed by atoms with Gasteiger partial charge in [0.05, 0.1) is 8.93 Å². The predicted octanol–water partition coefficient (Wildman–Crippen LogP) is 5.12. The summed E-state index contributed by atoms with van der Waals surface area (Å²) < 4.78 is 27.4. The molecule has 3 rings (SSSR count). The van der Waals surface area contributed by atoms with Crippen molar-refractivity contribution in [1.29, 1.82) is 0 Å². The van der Waals surface area contributed by atoms with Crippen LogP contribution in [0.1, 0.15) is 29.3 Å². The second kappa shape index (κ2) is 5.36. The van der Waals surface area contributed by atoms with E-state index in [0.717, 1.165) is 19.3 Å². The Labute approximate surface area is 128 Å². The molecular weight excluding hydrogens is 379 g/mol. The van der Waals surface area contributed by atoms with Gasteiger partial charge in [0.1, 0.15) is 0 Å². The molecule has 0 fully saturated rings. The van der Waals surface area contributed by atoms with Gasteiger partial charge in [-0.1, -0.05) is 0 Å². The van der Waals surface area contributed by atoms with Gasteiger partial charge >= 0.3 is 0 Å². The molecule has 1 atom stereocenters. The number of benzene rings is 1. The molecule has 0 spiro atoms. The van der Waals surface area contributed by atoms with E-state index in [0.29, 0.717) is 5.69 Å². The summed E-state index contributed by atoms with van der Waals surface area (Å²) in [5, 5.41) is 3.32. The summed E-state index contributed by atoms with van der Waals surface area (Å²) in [6.07, 6.45) is 3.28. The van der Waals surface area contributed by atoms with Gasteiger partial charge in [-0.3, -0.25) is 0 Å². The average Bonchev–Trinajstić information content (AvgIpc) is 2.75. The summed E-state index contributed by atoms with van der Waals surface area (Å²) in [5.74, 6) is -1.61. The van der Waals surface area contributed by atoms with Crippen molar-refractivity contribution in [3.8, 4) is 0 Å². The van der Waals surface area contributed by atoms with Crippen LogP contribution in [0.2, 0.25) is 0 Å². The molecule has 0 radical (unpaired) electrons. The van der Waals surface area contributed by atoms with E-state index in [1.54, 1.807) is 6.07 Å². The topological polar surface area (TPSA) is 12.0 Å². The molecule has 0 saturated heterocycles. The number of anilines is 1. The van der Waals surface area contributed by atoms with Gasteiger partial charge < -0.3 is 5.32 Å². The molecule has 2 aromatic rings. The Morgan fingerprint density at radius 1 is 1.21 bits per heavy atom. The minimum absolute atomic E-state index is 0.202. The summed E-state index contributed by atoms with van der Waals surface area (Å²) in [4.78, 5) is 1.41. The molecule has 0 bridgehead atoms. The van der Waals surface area contributed by atoms with E-state index >= 15 is 0 Å². The summed E-state index contributed by atoms with van der Waals surface area (Å²) >= 11 is 4.16. The Hall–Kier alpha value is -0.690. The molecule has 1 heterocycles. The number of fused-ring (bicyclic) bond motifs is 1. The molecule has 0 saturated carbocycles. The van der Waals surface area contributed by atoms with Gasteiger partial charge in [-0.2, -0.15) is 0 Å². The number of rotatable bonds is 2. The minimum atomic E-state index is -0.806. The van der Waals surface area contributed by atoms with Crippen LogP contribution in [0.4, 0.5) is 14.5 Å². The zero-order valence-corrected chi connectivity index (χ0v) is 13.0. The van der Waals surface area contributed by atoms with Crippen LogP contribution in [0.15, 0.2) is 24.3 Å². The van der Waals surface area contributed by atoms with Crippen molar-refractivity contribution < 1.29 is 8.78 Å². The molecule has 5 heteroatoms. The van der Waals surface area contributed by atoms with Crippen LogP contribution in [-0.2, 0) is 6.42 Å². The Bertz CT molecular complexity index is 611. The zero-order chi connectivity index (χ0) is 13.4. The number of hydrogen-bond acceptors (Lipinski definition) is 2. The predicted molar refractivity (Wildman–Crippen MR) is 82.7 cm³/mol. The first kappa shape index (κ1) is 13.3. The lowest BCUT2D eigenvalue weighted by molar-refractivity contribution is 0.508. The Kier molecular flexibility index (Phi) is 3.75. The molecule has 0 aliphatic heterocycles. The average molecular weight is 391 g/mol. The van der Waals surface area contributed by atoms with Crippen molar-refractivity contribution in [2.24, 2.45) is 0 Å². The lowest BCUT2D eigenvalue weighted by Gasteiger charge is -2.24. The smallest absolute Gasteiger partial charge is 0.160 e. The van der Waals surface area contributed by atoms with Crippen LogP contribution in [-0.4, -0.2) is 0 Å². The number of nitrogens with one attached hydrogen (secondary N) is 1. The van der Waals surface area contributed by atoms with Crippen LogP contribution >= 0.6 is 33.9 Å². The number of halogens is 3. The van der Waals surface area contributed by atoms with Gasteiger partial charge in [0.15, 0.2) is 11.6 Å². The van der Waals surface area contributed by atoms with Crippen LogP contribution in [0.3, 0.4) is 0 Å². The van der Waals surface area contributed by atoms with E-state index < -0.39 is 11.6 Å². The Morgan fingerprint density at radius 3 is 2.84 bits per heavy atom. The summed E-state index contributed by atoms with van der Waals surface area (Å²) in [6, 6.07) is 6.37. The van der Waals surface area contributed by atoms with Crippen molar-refractivity contribution in [3.63, 3.8) is 0 Å². The monoisotopic (exact) mass is 391 g/mol. The van der Waals surface area contributed by atoms with E-state index in [2.05, 4.69) is 34.0 Å². The lowest BCUT2D eigenvalue weighted by atomic mass is 9.94. The highest BCUT2D eigenvalue weighted by molar-refractivity contribution is 14.1. The molecule has 100 valence electrons. The van der Waals surface area contributed by atoms with E-state index in [-0.39, 0.29) is 6.04 Å². The molecule has 19 heavy (non-hydrogen) atoms. The van der Waals surface area contributed by atoms with Gasteiger partial charge in [0.2, 0.25) is 0 Å². The molecule has 1 nitrogen and oxygen atoms in total. The second-order valence-corrected chi connectivity index (χ2v) is 7.68. The largest absolute Gasteiger partial charge is 0.378 e. The van der Waals surface area contributed by atoms with Crippen molar-refractivity contribution >= 4 is 39.6 Å². The lowest BCUT2D eigenvalue weighted by Crippen LogP contribution is -2.15. The summed E-state index contributed by atoms with van der Waals surface area (Å²) in [5.41, 5.74) is 1.95. The number of thiophene rings is 1. The van der Waals surface area contributed by atoms with Crippen molar-refractivity contribution in [3.05, 3.63) is 49.2 Å². The molecule has 1 aliphatic carbocycles. The van der Waals surface area contributed by atoms with E-state index in [1.165, 1.54) is 25.5 Å². The second-order valence-electron chi connectivity index (χ2n) is 4.65. The minimum Gasteiger partial charge on any atom is -0.378 e. The highest BCUT2D eigenvalue weighted by Crippen LogP contribution is 2.38. The third-order valence-corrected chi connectivity index (χ3v) is 5.32. The van der Waals surface area contributed by atoms with Crippen molar-refractivity contribution in [2.45, 2.75) is 25.3 Å². The first-order chi connectivity index (χ1) is 9.13. The maximum absolute atomic E-state index is 13.2. The SMILES string of the molecule is Fc1ccc(NC2CCCc3sc(I)cc32)cc1F. The normalized spacial score (nSPS) is 18.2. The van der Waals surface area contributed by atoms with E-state index in [4.69, 9.17) is 0 Å². The fraction of sp³-hybridized carbons (Fsp3) is 0.286. The zero-order valence-electron chi connectivity index (χ0n) is 10.1. The first-order valence-electron chi connectivity index (χ1n) is 6.13. The van der Waals surface area contributed by atoms with Crippen molar-refractivity contribution in [1.82, 2.24) is 0 Å². The maximum atomic E-state index is 13.2. The van der Waals surface area contributed by atoms with Gasteiger partial charge in [0, 0.05) is 16.6 Å². The maximum Gasteiger partial charge on any atom is 0.160 e. The van der Waals surface area contributed by atoms with Gasteiger partial charge in [-0.25, -0.2) is 8.78 Å². The standard InChI is InChI=1S/C14H12F2INS/c15-10-5-4-8(6-11(10)16)18-12-2-1-3-13-9(12)7-14(17)19-13/h4-7,12,18H,1-3H2. The van der Waals surface area contributed by atoms with E-state index in [1.807, 2.05) is 11.3 Å². The third-order valence-electron chi connectivity index (χ3n) is 3.34. The third kappa shape index (κ3) is 2.76. The summed E-state index contributed by atoms with van der Waals surface area (Å²) in [6.45, 7) is 0. The van der Waals surface area contributed by atoms with Crippen LogP contribution in [0.25, 0.3) is 0 Å².